The number of hydrogen-bond donors (Lipinski definition) is 2. The normalized spacial score (nSPS) is 9.95. The number of anilines is 1. The lowest BCUT2D eigenvalue weighted by Crippen LogP contribution is -2.14. The van der Waals surface area contributed by atoms with Gasteiger partial charge in [0, 0.05) is 6.20 Å². The average molecular weight is 299 g/mol. The predicted octanol–water partition coefficient (Wildman–Crippen LogP) is 3.11. The van der Waals surface area contributed by atoms with Gasteiger partial charge >= 0.3 is 6.16 Å². The fourth-order valence-corrected chi connectivity index (χ4v) is 2.10. The topological polar surface area (TPSA) is 88.5 Å². The third-order valence-electron chi connectivity index (χ3n) is 2.02. The molecule has 0 aliphatic heterocycles. The van der Waals surface area contributed by atoms with Gasteiger partial charge in [0.25, 0.3) is 5.91 Å². The van der Waals surface area contributed by atoms with Gasteiger partial charge in [0.2, 0.25) is 5.06 Å². The summed E-state index contributed by atoms with van der Waals surface area (Å²) in [6.07, 6.45) is -0.0828. The number of rotatable bonds is 3. The summed E-state index contributed by atoms with van der Waals surface area (Å²) in [6, 6.07) is 4.57. The second kappa shape index (κ2) is 5.68. The van der Waals surface area contributed by atoms with E-state index in [4.69, 9.17) is 16.7 Å². The van der Waals surface area contributed by atoms with Crippen LogP contribution in [-0.2, 0) is 0 Å². The molecule has 8 heteroatoms. The Morgan fingerprint density at radius 1 is 1.37 bits per heavy atom. The maximum absolute atomic E-state index is 11.9. The van der Waals surface area contributed by atoms with Crippen LogP contribution >= 0.6 is 22.9 Å². The van der Waals surface area contributed by atoms with E-state index in [-0.39, 0.29) is 10.6 Å². The SMILES string of the molecule is O=C(O)Oc1sccc1C(=O)Nc1ccc(Cl)cn1. The zero-order valence-electron chi connectivity index (χ0n) is 9.29. The third kappa shape index (κ3) is 3.43. The minimum absolute atomic E-state index is 0.0129. The van der Waals surface area contributed by atoms with Gasteiger partial charge in [-0.25, -0.2) is 9.78 Å². The van der Waals surface area contributed by atoms with E-state index in [1.807, 2.05) is 0 Å². The number of thiophene rings is 1. The van der Waals surface area contributed by atoms with Crippen molar-refractivity contribution in [1.29, 1.82) is 0 Å². The third-order valence-corrected chi connectivity index (χ3v) is 3.04. The van der Waals surface area contributed by atoms with Crippen LogP contribution in [-0.4, -0.2) is 22.2 Å². The number of aromatic nitrogens is 1. The van der Waals surface area contributed by atoms with Crippen LogP contribution in [0, 0.1) is 0 Å². The van der Waals surface area contributed by atoms with Crippen molar-refractivity contribution in [2.45, 2.75) is 0 Å². The molecule has 0 fully saturated rings. The van der Waals surface area contributed by atoms with Gasteiger partial charge in [0.05, 0.1) is 10.6 Å². The minimum Gasteiger partial charge on any atom is -0.449 e. The molecule has 2 N–H and O–H groups in total. The van der Waals surface area contributed by atoms with Crippen LogP contribution in [0.15, 0.2) is 29.8 Å². The molecule has 2 aromatic heterocycles. The smallest absolute Gasteiger partial charge is 0.449 e. The number of ether oxygens (including phenoxy) is 1. The molecule has 2 aromatic rings. The maximum Gasteiger partial charge on any atom is 0.512 e. The van der Waals surface area contributed by atoms with Crippen LogP contribution in [0.3, 0.4) is 0 Å². The van der Waals surface area contributed by atoms with Gasteiger partial charge < -0.3 is 15.2 Å². The molecule has 2 heterocycles. The quantitative estimate of drug-likeness (QED) is 0.850. The number of nitrogens with zero attached hydrogens (tertiary/aromatic N) is 1. The minimum atomic E-state index is -1.47. The largest absolute Gasteiger partial charge is 0.512 e. The fourth-order valence-electron chi connectivity index (χ4n) is 1.26. The maximum atomic E-state index is 11.9. The molecule has 0 radical (unpaired) electrons. The van der Waals surface area contributed by atoms with E-state index in [1.54, 1.807) is 11.4 Å². The van der Waals surface area contributed by atoms with Crippen molar-refractivity contribution in [2.24, 2.45) is 0 Å². The molecule has 1 amide bonds. The van der Waals surface area contributed by atoms with Crippen molar-refractivity contribution in [3.05, 3.63) is 40.4 Å². The monoisotopic (exact) mass is 298 g/mol. The van der Waals surface area contributed by atoms with Gasteiger partial charge in [-0.1, -0.05) is 11.6 Å². The first kappa shape index (κ1) is 13.3. The van der Waals surface area contributed by atoms with Crippen LogP contribution in [0.5, 0.6) is 5.06 Å². The average Bonchev–Trinajstić information content (AvgIpc) is 2.79. The molecule has 0 saturated heterocycles. The Kier molecular flexibility index (Phi) is 3.98. The lowest BCUT2D eigenvalue weighted by atomic mass is 10.3. The second-order valence-electron chi connectivity index (χ2n) is 3.31. The summed E-state index contributed by atoms with van der Waals surface area (Å²) in [4.78, 5) is 26.3. The molecule has 0 aromatic carbocycles. The van der Waals surface area contributed by atoms with Gasteiger partial charge in [-0.3, -0.25) is 4.79 Å². The van der Waals surface area contributed by atoms with Crippen LogP contribution in [0.25, 0.3) is 0 Å². The van der Waals surface area contributed by atoms with Crippen LogP contribution < -0.4 is 10.1 Å². The van der Waals surface area contributed by atoms with Crippen molar-refractivity contribution in [2.75, 3.05) is 5.32 Å². The van der Waals surface area contributed by atoms with E-state index in [0.717, 1.165) is 11.3 Å². The summed E-state index contributed by atoms with van der Waals surface area (Å²) >= 11 is 6.69. The molecule has 6 nitrogen and oxygen atoms in total. The van der Waals surface area contributed by atoms with Gasteiger partial charge in [-0.2, -0.15) is 0 Å². The van der Waals surface area contributed by atoms with E-state index < -0.39 is 12.1 Å². The first-order chi connectivity index (χ1) is 9.06. The van der Waals surface area contributed by atoms with E-state index in [9.17, 15) is 9.59 Å². The number of pyridine rings is 1. The van der Waals surface area contributed by atoms with Crippen molar-refractivity contribution in [3.63, 3.8) is 0 Å². The highest BCUT2D eigenvalue weighted by molar-refractivity contribution is 7.12. The summed E-state index contributed by atoms with van der Waals surface area (Å²) in [5.41, 5.74) is 0.129. The van der Waals surface area contributed by atoms with Crippen LogP contribution in [0.2, 0.25) is 5.02 Å². The molecule has 0 spiro atoms. The Labute approximate surface area is 116 Å². The standard InChI is InChI=1S/C11H7ClN2O4S/c12-6-1-2-8(13-5-6)14-9(15)7-3-4-19-10(7)18-11(16)17/h1-5H,(H,16,17)(H,13,14,15). The number of carboxylic acid groups (broad SMARTS) is 1. The highest BCUT2D eigenvalue weighted by Gasteiger charge is 2.17. The molecular formula is C11H7ClN2O4S. The Bertz CT molecular complexity index is 611. The Hall–Kier alpha value is -2.12. The van der Waals surface area contributed by atoms with Gasteiger partial charge in [-0.05, 0) is 23.6 Å². The molecule has 0 aliphatic carbocycles. The number of nitrogens with one attached hydrogen (secondary N) is 1. The summed E-state index contributed by atoms with van der Waals surface area (Å²) in [5.74, 6) is -0.200. The van der Waals surface area contributed by atoms with Crippen molar-refractivity contribution < 1.29 is 19.4 Å². The summed E-state index contributed by atoms with van der Waals surface area (Å²) in [6.45, 7) is 0. The van der Waals surface area contributed by atoms with Gasteiger partial charge in [-0.15, -0.1) is 11.3 Å². The Balaban J connectivity index is 2.14. The summed E-state index contributed by atoms with van der Waals surface area (Å²) in [7, 11) is 0. The Morgan fingerprint density at radius 3 is 2.79 bits per heavy atom. The van der Waals surface area contributed by atoms with E-state index in [1.165, 1.54) is 18.3 Å². The zero-order valence-corrected chi connectivity index (χ0v) is 10.9. The van der Waals surface area contributed by atoms with Gasteiger partial charge in [0.15, 0.2) is 0 Å². The first-order valence-corrected chi connectivity index (χ1v) is 6.23. The number of amides is 1. The van der Waals surface area contributed by atoms with Crippen LogP contribution in [0.1, 0.15) is 10.4 Å². The van der Waals surface area contributed by atoms with Crippen molar-refractivity contribution >= 4 is 40.8 Å². The number of carbonyl (C=O) groups is 2. The molecule has 19 heavy (non-hydrogen) atoms. The number of halogens is 1. The highest BCUT2D eigenvalue weighted by atomic mass is 35.5. The summed E-state index contributed by atoms with van der Waals surface area (Å²) in [5, 5.41) is 13.1. The number of hydrogen-bond acceptors (Lipinski definition) is 5. The molecule has 0 atom stereocenters. The number of carbonyl (C=O) groups excluding carboxylic acids is 1. The first-order valence-electron chi connectivity index (χ1n) is 4.97. The molecule has 98 valence electrons. The lowest BCUT2D eigenvalue weighted by Gasteiger charge is -2.04. The lowest BCUT2D eigenvalue weighted by molar-refractivity contribution is 0.102. The van der Waals surface area contributed by atoms with Crippen molar-refractivity contribution in [3.8, 4) is 5.06 Å². The van der Waals surface area contributed by atoms with E-state index in [0.29, 0.717) is 10.8 Å². The molecule has 0 saturated carbocycles. The van der Waals surface area contributed by atoms with Crippen LogP contribution in [0.4, 0.5) is 10.6 Å². The summed E-state index contributed by atoms with van der Waals surface area (Å²) < 4.78 is 4.50. The molecule has 0 aliphatic rings. The Morgan fingerprint density at radius 2 is 2.16 bits per heavy atom. The highest BCUT2D eigenvalue weighted by Crippen LogP contribution is 2.27. The van der Waals surface area contributed by atoms with E-state index >= 15 is 0 Å². The second-order valence-corrected chi connectivity index (χ2v) is 4.62. The zero-order chi connectivity index (χ0) is 13.8. The van der Waals surface area contributed by atoms with Crippen molar-refractivity contribution in [1.82, 2.24) is 4.98 Å². The molecular weight excluding hydrogens is 292 g/mol. The van der Waals surface area contributed by atoms with Gasteiger partial charge in [0.1, 0.15) is 5.82 Å². The molecule has 2 rings (SSSR count). The fraction of sp³-hybridized carbons (Fsp3) is 0. The predicted molar refractivity (Wildman–Crippen MR) is 70.2 cm³/mol. The van der Waals surface area contributed by atoms with E-state index in [2.05, 4.69) is 15.0 Å². The molecule has 0 unspecified atom stereocenters. The molecule has 0 bridgehead atoms.